The van der Waals surface area contributed by atoms with Crippen molar-refractivity contribution >= 4 is 5.71 Å². The fourth-order valence-corrected chi connectivity index (χ4v) is 5.75. The summed E-state index contributed by atoms with van der Waals surface area (Å²) in [5.74, 6) is 0.730. The molecular formula is C25H39N3O2. The first-order valence-electron chi connectivity index (χ1n) is 11.7. The van der Waals surface area contributed by atoms with Crippen molar-refractivity contribution in [2.45, 2.75) is 52.6 Å². The number of oxime groups is 1. The molecule has 3 atom stereocenters. The highest BCUT2D eigenvalue weighted by Gasteiger charge is 2.60. The van der Waals surface area contributed by atoms with Crippen LogP contribution in [0.2, 0.25) is 0 Å². The third kappa shape index (κ3) is 4.44. The largest absolute Gasteiger partial charge is 0.393 e. The van der Waals surface area contributed by atoms with Gasteiger partial charge >= 0.3 is 0 Å². The van der Waals surface area contributed by atoms with Gasteiger partial charge in [-0.2, -0.15) is 0 Å². The summed E-state index contributed by atoms with van der Waals surface area (Å²) in [6, 6.07) is 10.7. The van der Waals surface area contributed by atoms with Crippen LogP contribution in [0.25, 0.3) is 0 Å². The summed E-state index contributed by atoms with van der Waals surface area (Å²) in [6.45, 7) is 13.3. The van der Waals surface area contributed by atoms with Gasteiger partial charge < -0.3 is 14.8 Å². The number of aliphatic hydroxyl groups excluding tert-OH is 1. The number of rotatable bonds is 8. The second-order valence-corrected chi connectivity index (χ2v) is 10.4. The minimum absolute atomic E-state index is 0.165. The Balaban J connectivity index is 1.15. The number of hydrogen-bond acceptors (Lipinski definition) is 5. The Morgan fingerprint density at radius 3 is 2.43 bits per heavy atom. The van der Waals surface area contributed by atoms with Gasteiger partial charge in [0.15, 0.2) is 0 Å². The van der Waals surface area contributed by atoms with Gasteiger partial charge in [-0.15, -0.1) is 0 Å². The molecule has 1 heterocycles. The van der Waals surface area contributed by atoms with Gasteiger partial charge in [-0.05, 0) is 42.6 Å². The first-order chi connectivity index (χ1) is 14.4. The molecule has 1 aliphatic heterocycles. The van der Waals surface area contributed by atoms with Gasteiger partial charge in [-0.3, -0.25) is 4.90 Å². The molecule has 0 aromatic heterocycles. The quantitative estimate of drug-likeness (QED) is 0.664. The molecule has 2 aliphatic carbocycles. The van der Waals surface area contributed by atoms with E-state index in [2.05, 4.69) is 66.1 Å². The third-order valence-corrected chi connectivity index (χ3v) is 8.45. The van der Waals surface area contributed by atoms with Gasteiger partial charge in [0.2, 0.25) is 0 Å². The van der Waals surface area contributed by atoms with Crippen LogP contribution in [0.3, 0.4) is 0 Å². The first-order valence-corrected chi connectivity index (χ1v) is 11.7. The Bertz CT molecular complexity index is 727. The lowest BCUT2D eigenvalue weighted by atomic mass is 9.70. The molecule has 3 fully saturated rings. The van der Waals surface area contributed by atoms with Crippen molar-refractivity contribution < 1.29 is 9.94 Å². The molecule has 4 rings (SSSR count). The van der Waals surface area contributed by atoms with Crippen LogP contribution in [0.4, 0.5) is 0 Å². The molecule has 0 spiro atoms. The fraction of sp³-hybridized carbons (Fsp3) is 0.720. The van der Waals surface area contributed by atoms with Crippen LogP contribution in [0.15, 0.2) is 35.5 Å². The molecule has 5 heteroatoms. The van der Waals surface area contributed by atoms with Crippen molar-refractivity contribution in [2.75, 3.05) is 45.9 Å². The molecule has 30 heavy (non-hydrogen) atoms. The highest BCUT2D eigenvalue weighted by atomic mass is 16.6. The van der Waals surface area contributed by atoms with Crippen molar-refractivity contribution in [3.63, 3.8) is 0 Å². The Morgan fingerprint density at radius 1 is 1.10 bits per heavy atom. The van der Waals surface area contributed by atoms with Crippen molar-refractivity contribution in [3.05, 3.63) is 35.9 Å². The van der Waals surface area contributed by atoms with E-state index in [1.807, 2.05) is 0 Å². The molecule has 1 aromatic carbocycles. The van der Waals surface area contributed by atoms with E-state index in [9.17, 15) is 5.11 Å². The second-order valence-electron chi connectivity index (χ2n) is 10.4. The van der Waals surface area contributed by atoms with Gasteiger partial charge in [0.05, 0.1) is 5.71 Å². The van der Waals surface area contributed by atoms with Crippen LogP contribution in [0.1, 0.15) is 45.6 Å². The van der Waals surface area contributed by atoms with E-state index < -0.39 is 6.10 Å². The summed E-state index contributed by atoms with van der Waals surface area (Å²) < 4.78 is 0. The maximum absolute atomic E-state index is 10.4. The maximum atomic E-state index is 10.4. The van der Waals surface area contributed by atoms with E-state index in [4.69, 9.17) is 4.84 Å². The summed E-state index contributed by atoms with van der Waals surface area (Å²) in [7, 11) is 0. The summed E-state index contributed by atoms with van der Waals surface area (Å²) in [5, 5.41) is 14.9. The molecule has 166 valence electrons. The molecule has 0 amide bonds. The van der Waals surface area contributed by atoms with Crippen LogP contribution in [-0.4, -0.2) is 72.6 Å². The summed E-state index contributed by atoms with van der Waals surface area (Å²) in [4.78, 5) is 10.5. The van der Waals surface area contributed by atoms with E-state index in [1.54, 1.807) is 0 Å². The topological polar surface area (TPSA) is 48.3 Å². The monoisotopic (exact) mass is 413 g/mol. The Hall–Kier alpha value is -1.43. The summed E-state index contributed by atoms with van der Waals surface area (Å²) >= 11 is 0. The predicted octanol–water partition coefficient (Wildman–Crippen LogP) is 3.43. The molecule has 2 bridgehead atoms. The average Bonchev–Trinajstić information content (AvgIpc) is 3.08. The highest BCUT2D eigenvalue weighted by Crippen LogP contribution is 2.63. The van der Waals surface area contributed by atoms with Gasteiger partial charge in [0.1, 0.15) is 12.7 Å². The normalized spacial score (nSPS) is 31.3. The van der Waals surface area contributed by atoms with Crippen molar-refractivity contribution in [2.24, 2.45) is 21.9 Å². The van der Waals surface area contributed by atoms with E-state index in [-0.39, 0.29) is 5.41 Å². The van der Waals surface area contributed by atoms with Crippen LogP contribution in [-0.2, 0) is 11.3 Å². The van der Waals surface area contributed by atoms with Crippen LogP contribution < -0.4 is 0 Å². The number of hydrogen-bond donors (Lipinski definition) is 1. The van der Waals surface area contributed by atoms with E-state index in [0.29, 0.717) is 18.6 Å². The van der Waals surface area contributed by atoms with Gasteiger partial charge in [0, 0.05) is 44.7 Å². The standard InChI is InChI=1S/C25H39N3O2/c1-24(2)21-9-11-25(24,3)23(17-21)26-30-19-22(29)18-28-15-13-27(14-16-28)12-10-20-7-5-4-6-8-20/h4-8,21-22,29H,9-19H2,1-3H3/b26-23-/t21-,22-,25+/m0/s1. The number of piperazine rings is 1. The molecule has 1 N–H and O–H groups in total. The molecule has 2 saturated carbocycles. The van der Waals surface area contributed by atoms with Crippen LogP contribution in [0, 0.1) is 16.7 Å². The Kier molecular flexibility index (Phi) is 6.52. The smallest absolute Gasteiger partial charge is 0.144 e. The molecule has 1 saturated heterocycles. The highest BCUT2D eigenvalue weighted by molar-refractivity contribution is 5.93. The predicted molar refractivity (Wildman–Crippen MR) is 122 cm³/mol. The van der Waals surface area contributed by atoms with Crippen molar-refractivity contribution in [1.82, 2.24) is 9.80 Å². The molecule has 5 nitrogen and oxygen atoms in total. The number of aliphatic hydroxyl groups is 1. The average molecular weight is 414 g/mol. The Morgan fingerprint density at radius 2 is 1.80 bits per heavy atom. The van der Waals surface area contributed by atoms with Gasteiger partial charge in [-0.1, -0.05) is 56.3 Å². The van der Waals surface area contributed by atoms with E-state index in [0.717, 1.165) is 51.5 Å². The van der Waals surface area contributed by atoms with Gasteiger partial charge in [0.25, 0.3) is 0 Å². The minimum Gasteiger partial charge on any atom is -0.393 e. The molecule has 3 aliphatic rings. The zero-order chi connectivity index (χ0) is 21.2. The summed E-state index contributed by atoms with van der Waals surface area (Å²) in [6.07, 6.45) is 4.20. The lowest BCUT2D eigenvalue weighted by Gasteiger charge is -2.35. The number of β-amino-alcohol motifs (C(OH)–C–C–N with tert-alkyl or cyclic N) is 1. The van der Waals surface area contributed by atoms with Crippen molar-refractivity contribution in [3.8, 4) is 0 Å². The zero-order valence-electron chi connectivity index (χ0n) is 19.0. The van der Waals surface area contributed by atoms with Crippen LogP contribution >= 0.6 is 0 Å². The second kappa shape index (κ2) is 8.97. The van der Waals surface area contributed by atoms with E-state index >= 15 is 0 Å². The number of fused-ring (bicyclic) bond motifs is 2. The molecule has 0 radical (unpaired) electrons. The molecule has 1 aromatic rings. The number of nitrogens with zero attached hydrogens (tertiary/aromatic N) is 3. The SMILES string of the molecule is CC1(C)[C@H]2CC[C@]1(C)/C(=N\OC[C@@H](O)CN1CCN(CCc3ccccc3)CC1)C2. The molecule has 0 unspecified atom stereocenters. The third-order valence-electron chi connectivity index (χ3n) is 8.45. The van der Waals surface area contributed by atoms with Crippen LogP contribution in [0.5, 0.6) is 0 Å². The fourth-order valence-electron chi connectivity index (χ4n) is 5.75. The lowest BCUT2D eigenvalue weighted by molar-refractivity contribution is 0.00796. The zero-order valence-corrected chi connectivity index (χ0v) is 19.0. The number of benzene rings is 1. The summed E-state index contributed by atoms with van der Waals surface area (Å²) in [5.41, 5.74) is 3.09. The Labute approximate surface area is 182 Å². The first kappa shape index (κ1) is 21.8. The molecular weight excluding hydrogens is 374 g/mol. The maximum Gasteiger partial charge on any atom is 0.144 e. The van der Waals surface area contributed by atoms with Gasteiger partial charge in [-0.25, -0.2) is 0 Å². The van der Waals surface area contributed by atoms with Crippen molar-refractivity contribution in [1.29, 1.82) is 0 Å². The lowest BCUT2D eigenvalue weighted by Crippen LogP contribution is -2.49. The van der Waals surface area contributed by atoms with E-state index in [1.165, 1.54) is 24.1 Å². The minimum atomic E-state index is -0.482.